The molecule has 0 unspecified atom stereocenters. The van der Waals surface area contributed by atoms with Crippen LogP contribution in [0.3, 0.4) is 0 Å². The van der Waals surface area contributed by atoms with E-state index in [-0.39, 0.29) is 31.4 Å². The largest absolute Gasteiger partial charge is 0.462 e. The number of benzene rings is 1. The lowest BCUT2D eigenvalue weighted by Crippen LogP contribution is -2.45. The summed E-state index contributed by atoms with van der Waals surface area (Å²) in [5.74, 6) is -0.150. The molecule has 1 aromatic carbocycles. The first kappa shape index (κ1) is 27.0. The fraction of sp³-hybridized carbons (Fsp3) is 0.536. The molecule has 0 radical (unpaired) electrons. The van der Waals surface area contributed by atoms with Gasteiger partial charge in [-0.3, -0.25) is 14.5 Å². The summed E-state index contributed by atoms with van der Waals surface area (Å²) < 4.78 is 5.57. The second-order valence-electron chi connectivity index (χ2n) is 10.3. The van der Waals surface area contributed by atoms with Gasteiger partial charge in [0.25, 0.3) is 5.91 Å². The lowest BCUT2D eigenvalue weighted by Gasteiger charge is -2.40. The van der Waals surface area contributed by atoms with Crippen LogP contribution in [0.5, 0.6) is 0 Å². The third-order valence-electron chi connectivity index (χ3n) is 7.67. The highest BCUT2D eigenvalue weighted by atomic mass is 16.5. The van der Waals surface area contributed by atoms with Crippen molar-refractivity contribution in [3.8, 4) is 0 Å². The smallest absolute Gasteiger partial charge is 0.312 e. The fourth-order valence-corrected chi connectivity index (χ4v) is 5.24. The van der Waals surface area contributed by atoms with Crippen LogP contribution in [0.15, 0.2) is 48.7 Å². The highest BCUT2D eigenvalue weighted by molar-refractivity contribution is 5.94. The number of nitrogen functional groups attached to an aromatic ring is 1. The third kappa shape index (κ3) is 7.06. The predicted octanol–water partition coefficient (Wildman–Crippen LogP) is 2.23. The molecular formula is C28H38N4O5. The number of ether oxygens (including phenoxy) is 1. The summed E-state index contributed by atoms with van der Waals surface area (Å²) in [6.45, 7) is 2.90. The number of cyclic esters (lactones) is 1. The van der Waals surface area contributed by atoms with Crippen molar-refractivity contribution in [3.05, 3.63) is 59.8 Å². The molecule has 9 nitrogen and oxygen atoms in total. The summed E-state index contributed by atoms with van der Waals surface area (Å²) >= 11 is 0. The van der Waals surface area contributed by atoms with Gasteiger partial charge in [0.15, 0.2) is 0 Å². The Hall–Kier alpha value is -3.01. The third-order valence-corrected chi connectivity index (χ3v) is 7.67. The maximum absolute atomic E-state index is 13.3. The summed E-state index contributed by atoms with van der Waals surface area (Å²) in [5, 5.41) is 20.9. The molecule has 2 atom stereocenters. The predicted molar refractivity (Wildman–Crippen MR) is 139 cm³/mol. The topological polar surface area (TPSA) is 129 Å². The van der Waals surface area contributed by atoms with Gasteiger partial charge < -0.3 is 25.6 Å². The van der Waals surface area contributed by atoms with Gasteiger partial charge >= 0.3 is 5.97 Å². The number of nitrogens with two attached hydrogens (primary N) is 1. The van der Waals surface area contributed by atoms with Gasteiger partial charge in [0.2, 0.25) is 0 Å². The van der Waals surface area contributed by atoms with Gasteiger partial charge in [0.05, 0.1) is 17.1 Å². The number of anilines is 1. The van der Waals surface area contributed by atoms with Crippen molar-refractivity contribution in [2.24, 2.45) is 5.41 Å². The van der Waals surface area contributed by atoms with E-state index < -0.39 is 17.6 Å². The molecular weight excluding hydrogens is 472 g/mol. The van der Waals surface area contributed by atoms with Gasteiger partial charge in [-0.2, -0.15) is 0 Å². The number of pyridine rings is 1. The molecule has 2 aromatic rings. The van der Waals surface area contributed by atoms with Crippen LogP contribution < -0.4 is 5.73 Å². The minimum atomic E-state index is -1.21. The second kappa shape index (κ2) is 12.5. The number of piperidine rings is 1. The van der Waals surface area contributed by atoms with Crippen molar-refractivity contribution in [3.63, 3.8) is 0 Å². The van der Waals surface area contributed by atoms with Gasteiger partial charge in [-0.05, 0) is 62.9 Å². The Morgan fingerprint density at radius 1 is 1.00 bits per heavy atom. The molecule has 4 N–H and O–H groups in total. The summed E-state index contributed by atoms with van der Waals surface area (Å²) in [6, 6.07) is 13.5. The Bertz CT molecular complexity index is 1020. The molecule has 2 fully saturated rings. The minimum Gasteiger partial charge on any atom is -0.462 e. The monoisotopic (exact) mass is 510 g/mol. The molecule has 2 aliphatic heterocycles. The number of aromatic nitrogens is 1. The zero-order valence-electron chi connectivity index (χ0n) is 21.3. The number of rotatable bonds is 3. The van der Waals surface area contributed by atoms with E-state index in [4.69, 9.17) is 10.5 Å². The summed E-state index contributed by atoms with van der Waals surface area (Å²) in [7, 11) is 0. The number of aliphatic hydroxyl groups excluding tert-OH is 2. The second-order valence-corrected chi connectivity index (χ2v) is 10.3. The quantitative estimate of drug-likeness (QED) is 0.536. The van der Waals surface area contributed by atoms with Crippen molar-refractivity contribution in [2.75, 3.05) is 38.5 Å². The molecule has 1 amide bonds. The number of nitrogens with zero attached hydrogens (tertiary/aromatic N) is 3. The Labute approximate surface area is 218 Å². The number of esters is 1. The van der Waals surface area contributed by atoms with Gasteiger partial charge in [0, 0.05) is 25.8 Å². The minimum absolute atomic E-state index is 0.173. The number of likely N-dealkylation sites (tertiary alicyclic amines) is 1. The highest BCUT2D eigenvalue weighted by Gasteiger charge is 2.42. The van der Waals surface area contributed by atoms with Crippen molar-refractivity contribution in [2.45, 2.75) is 57.3 Å². The standard InChI is InChI=1S/C28H38N4O5/c29-25-9-8-22(18-30-25)26(35)32-14-5-4-11-28(27(36)37-20-24(34)23(33)10-15-32)12-16-31(17-13-28)19-21-6-2-1-3-7-21/h1-3,6-9,18,23-24,33-34H,4-5,10-17,19-20H2,(H2,29,30)/t23-,24+/m0/s1. The van der Waals surface area contributed by atoms with Crippen molar-refractivity contribution >= 4 is 17.7 Å². The lowest BCUT2D eigenvalue weighted by molar-refractivity contribution is -0.165. The zero-order chi connectivity index (χ0) is 26.3. The molecule has 0 bridgehead atoms. The zero-order valence-corrected chi connectivity index (χ0v) is 21.3. The van der Waals surface area contributed by atoms with Crippen molar-refractivity contribution in [1.82, 2.24) is 14.8 Å². The van der Waals surface area contributed by atoms with Crippen LogP contribution in [0, 0.1) is 5.41 Å². The van der Waals surface area contributed by atoms with Crippen molar-refractivity contribution in [1.29, 1.82) is 0 Å². The van der Waals surface area contributed by atoms with Crippen LogP contribution in [-0.2, 0) is 16.1 Å². The molecule has 0 saturated carbocycles. The van der Waals surface area contributed by atoms with Crippen LogP contribution in [-0.4, -0.2) is 81.9 Å². The molecule has 2 aliphatic rings. The first-order valence-corrected chi connectivity index (χ1v) is 13.2. The molecule has 0 aliphatic carbocycles. The first-order chi connectivity index (χ1) is 17.9. The lowest BCUT2D eigenvalue weighted by atomic mass is 9.74. The number of amides is 1. The molecule has 9 heteroatoms. The van der Waals surface area contributed by atoms with Crippen LogP contribution >= 0.6 is 0 Å². The maximum atomic E-state index is 13.3. The highest BCUT2D eigenvalue weighted by Crippen LogP contribution is 2.38. The fourth-order valence-electron chi connectivity index (χ4n) is 5.24. The molecule has 37 heavy (non-hydrogen) atoms. The first-order valence-electron chi connectivity index (χ1n) is 13.2. The number of hydrogen-bond donors (Lipinski definition) is 3. The number of carbonyl (C=O) groups is 2. The van der Waals surface area contributed by atoms with Crippen LogP contribution in [0.25, 0.3) is 0 Å². The maximum Gasteiger partial charge on any atom is 0.312 e. The van der Waals surface area contributed by atoms with E-state index >= 15 is 0 Å². The average molecular weight is 511 g/mol. The van der Waals surface area contributed by atoms with E-state index in [0.29, 0.717) is 37.2 Å². The van der Waals surface area contributed by atoms with Crippen LogP contribution in [0.2, 0.25) is 0 Å². The van der Waals surface area contributed by atoms with Gasteiger partial charge in [-0.1, -0.05) is 36.8 Å². The van der Waals surface area contributed by atoms with Crippen LogP contribution in [0.1, 0.15) is 54.4 Å². The SMILES string of the molecule is Nc1ccc(C(=O)N2CCCCC3(CCN(Cc4ccccc4)CC3)C(=O)OC[C@@H](O)[C@@H](O)CC2)cn1. The van der Waals surface area contributed by atoms with E-state index in [1.165, 1.54) is 11.8 Å². The Morgan fingerprint density at radius 3 is 2.46 bits per heavy atom. The van der Waals surface area contributed by atoms with Gasteiger partial charge in [-0.15, -0.1) is 0 Å². The Morgan fingerprint density at radius 2 is 1.76 bits per heavy atom. The average Bonchev–Trinajstić information content (AvgIpc) is 2.92. The summed E-state index contributed by atoms with van der Waals surface area (Å²) in [6.07, 6.45) is 2.80. The van der Waals surface area contributed by atoms with Crippen molar-refractivity contribution < 1.29 is 24.5 Å². The van der Waals surface area contributed by atoms with E-state index in [1.54, 1.807) is 17.0 Å². The van der Waals surface area contributed by atoms with Gasteiger partial charge in [-0.25, -0.2) is 4.98 Å². The Balaban J connectivity index is 1.43. The van der Waals surface area contributed by atoms with E-state index in [0.717, 1.165) is 32.5 Å². The van der Waals surface area contributed by atoms with E-state index in [2.05, 4.69) is 22.0 Å². The number of aliphatic hydroxyl groups is 2. The van der Waals surface area contributed by atoms with E-state index in [9.17, 15) is 19.8 Å². The molecule has 2 saturated heterocycles. The molecule has 1 spiro atoms. The Kier molecular flexibility index (Phi) is 9.13. The van der Waals surface area contributed by atoms with Crippen LogP contribution in [0.4, 0.5) is 5.82 Å². The van der Waals surface area contributed by atoms with Gasteiger partial charge in [0.1, 0.15) is 18.5 Å². The molecule has 4 rings (SSSR count). The molecule has 200 valence electrons. The number of hydrogen-bond acceptors (Lipinski definition) is 8. The molecule has 3 heterocycles. The number of carbonyl (C=O) groups excluding carboxylic acids is 2. The molecule has 1 aromatic heterocycles. The van der Waals surface area contributed by atoms with E-state index in [1.807, 2.05) is 18.2 Å². The summed E-state index contributed by atoms with van der Waals surface area (Å²) in [4.78, 5) is 34.5. The summed E-state index contributed by atoms with van der Waals surface area (Å²) in [5.41, 5.74) is 6.70. The normalized spacial score (nSPS) is 23.9.